The van der Waals surface area contributed by atoms with Crippen LogP contribution in [0.3, 0.4) is 0 Å². The number of benzene rings is 3. The fraction of sp³-hybridized carbons (Fsp3) is 0.323. The van der Waals surface area contributed by atoms with Crippen molar-refractivity contribution in [3.63, 3.8) is 0 Å². The van der Waals surface area contributed by atoms with E-state index in [1.807, 2.05) is 13.0 Å². The van der Waals surface area contributed by atoms with Gasteiger partial charge in [-0.2, -0.15) is 0 Å². The molecule has 3 heterocycles. The highest BCUT2D eigenvalue weighted by molar-refractivity contribution is 6.25. The lowest BCUT2D eigenvalue weighted by atomic mass is 9.71. The van der Waals surface area contributed by atoms with Crippen LogP contribution in [0.2, 0.25) is 0 Å². The van der Waals surface area contributed by atoms with Gasteiger partial charge >= 0.3 is 0 Å². The normalized spacial score (nSPS) is 17.2. The Kier molecular flexibility index (Phi) is 3.97. The van der Waals surface area contributed by atoms with Crippen molar-refractivity contribution in [3.05, 3.63) is 71.7 Å². The molecule has 0 aliphatic heterocycles. The molecular weight excluding hydrogens is 419 g/mol. The predicted octanol–water partition coefficient (Wildman–Crippen LogP) is 7.95. The van der Waals surface area contributed by atoms with Gasteiger partial charge in [-0.05, 0) is 78.7 Å². The summed E-state index contributed by atoms with van der Waals surface area (Å²) in [5.41, 5.74) is 7.36. The largest absolute Gasteiger partial charge is 0.307 e. The summed E-state index contributed by atoms with van der Waals surface area (Å²) >= 11 is 0. The van der Waals surface area contributed by atoms with Crippen LogP contribution in [-0.2, 0) is 7.05 Å². The topological polar surface area (TPSA) is 8.29 Å². The first kappa shape index (κ1) is 20.2. The summed E-state index contributed by atoms with van der Waals surface area (Å²) < 4.78 is 20.1. The van der Waals surface area contributed by atoms with Crippen molar-refractivity contribution in [2.24, 2.45) is 12.5 Å². The van der Waals surface area contributed by atoms with Gasteiger partial charge in [0.1, 0.15) is 12.9 Å². The van der Waals surface area contributed by atoms with E-state index in [-0.39, 0.29) is 5.82 Å². The number of halogens is 1. The molecule has 7 rings (SSSR count). The van der Waals surface area contributed by atoms with Crippen molar-refractivity contribution in [2.75, 3.05) is 0 Å². The maximum atomic E-state index is 15.5. The van der Waals surface area contributed by atoms with E-state index >= 15 is 4.39 Å². The van der Waals surface area contributed by atoms with Gasteiger partial charge in [0.2, 0.25) is 5.52 Å². The minimum absolute atomic E-state index is 0.129. The Balaban J connectivity index is 1.70. The molecule has 3 heteroatoms. The van der Waals surface area contributed by atoms with E-state index in [0.717, 1.165) is 32.8 Å². The van der Waals surface area contributed by atoms with Crippen LogP contribution in [0.4, 0.5) is 4.39 Å². The highest BCUT2D eigenvalue weighted by atomic mass is 19.1. The summed E-state index contributed by atoms with van der Waals surface area (Å²) in [5.74, 6) is 0.453. The molecule has 3 aromatic carbocycles. The lowest BCUT2D eigenvalue weighted by molar-refractivity contribution is -0.643. The second-order valence-electron chi connectivity index (χ2n) is 11.3. The predicted molar refractivity (Wildman–Crippen MR) is 139 cm³/mol. The maximum Gasteiger partial charge on any atom is 0.224 e. The Hall–Kier alpha value is -3.20. The fourth-order valence-electron chi connectivity index (χ4n) is 6.74. The SMILES string of the molecule is Cc1cc(F)c2c3ccccc3n3c4cc(C5CCC(C)(C)CC5)cc5cc[n+](C)c(c1c23)c54. The highest BCUT2D eigenvalue weighted by Crippen LogP contribution is 2.46. The minimum Gasteiger partial charge on any atom is -0.307 e. The summed E-state index contributed by atoms with van der Waals surface area (Å²) in [6.07, 6.45) is 7.17. The molecule has 0 amide bonds. The van der Waals surface area contributed by atoms with Crippen LogP contribution in [0, 0.1) is 18.2 Å². The number of pyridine rings is 2. The molecule has 6 aromatic rings. The summed E-state index contributed by atoms with van der Waals surface area (Å²) in [6, 6.07) is 17.1. The Bertz CT molecular complexity index is 1760. The zero-order chi connectivity index (χ0) is 23.4. The van der Waals surface area contributed by atoms with E-state index in [1.165, 1.54) is 53.1 Å². The Morgan fingerprint density at radius 2 is 1.71 bits per heavy atom. The zero-order valence-electron chi connectivity index (χ0n) is 20.4. The van der Waals surface area contributed by atoms with Gasteiger partial charge in [-0.3, -0.25) is 0 Å². The lowest BCUT2D eigenvalue weighted by Gasteiger charge is -2.34. The van der Waals surface area contributed by atoms with Gasteiger partial charge in [0.05, 0.1) is 27.3 Å². The number of aromatic nitrogens is 2. The highest BCUT2D eigenvalue weighted by Gasteiger charge is 2.30. The third kappa shape index (κ3) is 2.58. The molecule has 34 heavy (non-hydrogen) atoms. The van der Waals surface area contributed by atoms with Gasteiger partial charge in [-0.25, -0.2) is 8.96 Å². The first-order valence-corrected chi connectivity index (χ1v) is 12.5. The van der Waals surface area contributed by atoms with E-state index in [4.69, 9.17) is 0 Å². The van der Waals surface area contributed by atoms with Gasteiger partial charge in [0.25, 0.3) is 0 Å². The second-order valence-corrected chi connectivity index (χ2v) is 11.3. The molecular formula is C31H30FN2+. The van der Waals surface area contributed by atoms with E-state index in [2.05, 4.69) is 72.5 Å². The number of aryl methyl sites for hydroxylation is 2. The van der Waals surface area contributed by atoms with Gasteiger partial charge in [-0.15, -0.1) is 0 Å². The van der Waals surface area contributed by atoms with Crippen molar-refractivity contribution in [3.8, 4) is 0 Å². The number of para-hydroxylation sites is 1. The first-order valence-electron chi connectivity index (χ1n) is 12.5. The molecule has 1 aliphatic carbocycles. The van der Waals surface area contributed by atoms with Gasteiger partial charge < -0.3 is 4.40 Å². The number of hydrogen-bond donors (Lipinski definition) is 0. The molecule has 0 unspecified atom stereocenters. The monoisotopic (exact) mass is 449 g/mol. The van der Waals surface area contributed by atoms with E-state index < -0.39 is 0 Å². The molecule has 2 nitrogen and oxygen atoms in total. The van der Waals surface area contributed by atoms with Crippen LogP contribution in [0.15, 0.2) is 54.7 Å². The van der Waals surface area contributed by atoms with Crippen LogP contribution in [0.5, 0.6) is 0 Å². The van der Waals surface area contributed by atoms with Crippen LogP contribution in [-0.4, -0.2) is 4.40 Å². The maximum absolute atomic E-state index is 15.5. The standard InChI is InChI=1S/C31H30FN2/c1-18-15-23(32)28-22-7-5-6-8-24(22)34-25-17-21(19-9-12-31(2,3)13-10-19)16-20-11-14-33(4)29(27(20)25)26(18)30(28)34/h5-8,11,14-17,19H,9-10,12-13H2,1-4H3/q+1. The van der Waals surface area contributed by atoms with Gasteiger partial charge in [-0.1, -0.05) is 38.1 Å². The van der Waals surface area contributed by atoms with Crippen molar-refractivity contribution >= 4 is 49.0 Å². The first-order chi connectivity index (χ1) is 16.3. The molecule has 3 aromatic heterocycles. The average molecular weight is 450 g/mol. The molecule has 0 spiro atoms. The Morgan fingerprint density at radius 1 is 0.941 bits per heavy atom. The van der Waals surface area contributed by atoms with Gasteiger partial charge in [0, 0.05) is 16.8 Å². The van der Waals surface area contributed by atoms with Gasteiger partial charge in [0.15, 0.2) is 6.20 Å². The summed E-state index contributed by atoms with van der Waals surface area (Å²) in [4.78, 5) is 0. The molecule has 0 radical (unpaired) electrons. The minimum atomic E-state index is -0.129. The van der Waals surface area contributed by atoms with Crippen LogP contribution < -0.4 is 4.57 Å². The lowest BCUT2D eigenvalue weighted by Crippen LogP contribution is -2.29. The Labute approximate surface area is 198 Å². The molecule has 1 saturated carbocycles. The number of rotatable bonds is 1. The molecule has 1 aliphatic rings. The van der Waals surface area contributed by atoms with E-state index in [9.17, 15) is 0 Å². The molecule has 0 bridgehead atoms. The van der Waals surface area contributed by atoms with Crippen molar-refractivity contribution < 1.29 is 8.96 Å². The van der Waals surface area contributed by atoms with E-state index in [0.29, 0.717) is 11.3 Å². The Morgan fingerprint density at radius 3 is 2.50 bits per heavy atom. The van der Waals surface area contributed by atoms with Crippen molar-refractivity contribution in [2.45, 2.75) is 52.4 Å². The molecule has 1 fully saturated rings. The third-order valence-corrected chi connectivity index (χ3v) is 8.61. The second kappa shape index (κ2) is 6.69. The number of fused-ring (bicyclic) bond motifs is 5. The summed E-state index contributed by atoms with van der Waals surface area (Å²) in [7, 11) is 2.11. The van der Waals surface area contributed by atoms with Crippen molar-refractivity contribution in [1.29, 1.82) is 0 Å². The molecule has 0 saturated heterocycles. The third-order valence-electron chi connectivity index (χ3n) is 8.61. The average Bonchev–Trinajstić information content (AvgIpc) is 3.16. The van der Waals surface area contributed by atoms with Crippen LogP contribution in [0.1, 0.15) is 56.6 Å². The molecule has 0 N–H and O–H groups in total. The summed E-state index contributed by atoms with van der Waals surface area (Å²) in [6.45, 7) is 6.84. The van der Waals surface area contributed by atoms with Crippen LogP contribution >= 0.6 is 0 Å². The van der Waals surface area contributed by atoms with Crippen molar-refractivity contribution in [1.82, 2.24) is 4.40 Å². The number of hydrogen-bond acceptors (Lipinski definition) is 0. The van der Waals surface area contributed by atoms with Crippen LogP contribution in [0.25, 0.3) is 49.0 Å². The zero-order valence-corrected chi connectivity index (χ0v) is 20.4. The summed E-state index contributed by atoms with van der Waals surface area (Å²) in [5, 5.41) is 5.44. The quantitative estimate of drug-likeness (QED) is 0.137. The molecule has 170 valence electrons. The smallest absolute Gasteiger partial charge is 0.224 e. The number of nitrogens with zero attached hydrogens (tertiary/aromatic N) is 2. The fourth-order valence-corrected chi connectivity index (χ4v) is 6.74. The molecule has 0 atom stereocenters. The van der Waals surface area contributed by atoms with E-state index in [1.54, 1.807) is 6.07 Å².